The number of rotatable bonds is 8. The van der Waals surface area contributed by atoms with E-state index in [2.05, 4.69) is 23.5 Å². The molecule has 4 rings (SSSR count). The third-order valence-corrected chi connectivity index (χ3v) is 5.56. The first-order valence-corrected chi connectivity index (χ1v) is 10.8. The van der Waals surface area contributed by atoms with Crippen molar-refractivity contribution in [2.45, 2.75) is 45.2 Å². The van der Waals surface area contributed by atoms with Gasteiger partial charge in [0.15, 0.2) is 0 Å². The second kappa shape index (κ2) is 9.86. The maximum absolute atomic E-state index is 6.00. The normalized spacial score (nSPS) is 14.0. The van der Waals surface area contributed by atoms with Gasteiger partial charge >= 0.3 is 0 Å². The molecule has 1 aromatic heterocycles. The van der Waals surface area contributed by atoms with E-state index in [9.17, 15) is 0 Å². The SMILES string of the molecule is Clc1ccc(Cn2nc(CNCCC3=CCCCC3)c(-c3ccccc3)n2)cc1. The van der Waals surface area contributed by atoms with Crippen LogP contribution in [0.4, 0.5) is 0 Å². The van der Waals surface area contributed by atoms with E-state index in [0.717, 1.165) is 47.0 Å². The molecular formula is C24H27ClN4. The summed E-state index contributed by atoms with van der Waals surface area (Å²) in [4.78, 5) is 1.78. The van der Waals surface area contributed by atoms with Crippen molar-refractivity contribution >= 4 is 11.6 Å². The minimum Gasteiger partial charge on any atom is -0.311 e. The zero-order valence-electron chi connectivity index (χ0n) is 16.6. The van der Waals surface area contributed by atoms with Crippen molar-refractivity contribution in [1.82, 2.24) is 20.3 Å². The van der Waals surface area contributed by atoms with Crippen molar-refractivity contribution in [3.05, 3.63) is 82.5 Å². The summed E-state index contributed by atoms with van der Waals surface area (Å²) in [5.74, 6) is 0. The van der Waals surface area contributed by atoms with Crippen molar-refractivity contribution in [3.63, 3.8) is 0 Å². The lowest BCUT2D eigenvalue weighted by Gasteiger charge is -2.12. The number of hydrogen-bond donors (Lipinski definition) is 1. The molecule has 1 aliphatic rings. The van der Waals surface area contributed by atoms with Crippen molar-refractivity contribution in [2.24, 2.45) is 0 Å². The zero-order chi connectivity index (χ0) is 19.9. The molecule has 0 amide bonds. The fourth-order valence-corrected chi connectivity index (χ4v) is 3.86. The predicted octanol–water partition coefficient (Wildman–Crippen LogP) is 5.63. The van der Waals surface area contributed by atoms with Gasteiger partial charge in [-0.1, -0.05) is 65.7 Å². The van der Waals surface area contributed by atoms with E-state index >= 15 is 0 Å². The third-order valence-electron chi connectivity index (χ3n) is 5.31. The topological polar surface area (TPSA) is 42.7 Å². The van der Waals surface area contributed by atoms with Gasteiger partial charge in [0.05, 0.1) is 6.54 Å². The summed E-state index contributed by atoms with van der Waals surface area (Å²) in [6.07, 6.45) is 8.72. The fraction of sp³-hybridized carbons (Fsp3) is 0.333. The van der Waals surface area contributed by atoms with Crippen molar-refractivity contribution in [1.29, 1.82) is 0 Å². The van der Waals surface area contributed by atoms with Gasteiger partial charge in [-0.05, 0) is 56.3 Å². The van der Waals surface area contributed by atoms with Gasteiger partial charge in [0.1, 0.15) is 11.4 Å². The van der Waals surface area contributed by atoms with Crippen LogP contribution in [0.25, 0.3) is 11.3 Å². The maximum Gasteiger partial charge on any atom is 0.117 e. The molecule has 1 heterocycles. The number of allylic oxidation sites excluding steroid dienone is 1. The average molecular weight is 407 g/mol. The second-order valence-electron chi connectivity index (χ2n) is 7.55. The summed E-state index contributed by atoms with van der Waals surface area (Å²) in [6.45, 7) is 2.33. The minimum atomic E-state index is 0.629. The van der Waals surface area contributed by atoms with Gasteiger partial charge in [-0.15, -0.1) is 0 Å². The lowest BCUT2D eigenvalue weighted by atomic mass is 9.97. The standard InChI is InChI=1S/C24H27ClN4/c25-22-13-11-20(12-14-22)18-29-27-23(24(28-29)21-9-5-2-6-10-21)17-26-16-15-19-7-3-1-4-8-19/h2,5-7,9-14,26H,1,3-4,8,15-18H2. The number of benzene rings is 2. The average Bonchev–Trinajstić information content (AvgIpc) is 3.17. The van der Waals surface area contributed by atoms with Crippen LogP contribution < -0.4 is 5.32 Å². The zero-order valence-corrected chi connectivity index (χ0v) is 17.4. The summed E-state index contributed by atoms with van der Waals surface area (Å²) in [5, 5.41) is 13.9. The molecule has 0 saturated heterocycles. The first-order valence-electron chi connectivity index (χ1n) is 10.4. The fourth-order valence-electron chi connectivity index (χ4n) is 3.73. The summed E-state index contributed by atoms with van der Waals surface area (Å²) < 4.78 is 0. The quantitative estimate of drug-likeness (QED) is 0.389. The molecule has 0 atom stereocenters. The Balaban J connectivity index is 1.45. The maximum atomic E-state index is 6.00. The first kappa shape index (κ1) is 19.9. The highest BCUT2D eigenvalue weighted by Crippen LogP contribution is 2.22. The van der Waals surface area contributed by atoms with Crippen LogP contribution in [0.3, 0.4) is 0 Å². The van der Waals surface area contributed by atoms with E-state index in [1.807, 2.05) is 42.5 Å². The molecule has 0 aliphatic heterocycles. The van der Waals surface area contributed by atoms with Gasteiger partial charge in [0.2, 0.25) is 0 Å². The van der Waals surface area contributed by atoms with Crippen LogP contribution >= 0.6 is 11.6 Å². The lowest BCUT2D eigenvalue weighted by Crippen LogP contribution is -2.17. The number of hydrogen-bond acceptors (Lipinski definition) is 3. The Labute approximate surface area is 177 Å². The van der Waals surface area contributed by atoms with E-state index in [1.165, 1.54) is 25.7 Å². The molecule has 0 bridgehead atoms. The highest BCUT2D eigenvalue weighted by Gasteiger charge is 2.13. The highest BCUT2D eigenvalue weighted by atomic mass is 35.5. The number of aromatic nitrogens is 3. The molecule has 1 N–H and O–H groups in total. The summed E-state index contributed by atoms with van der Waals surface area (Å²) in [7, 11) is 0. The molecular weight excluding hydrogens is 380 g/mol. The Hall–Kier alpha value is -2.43. The Kier molecular flexibility index (Phi) is 6.75. The molecule has 0 fully saturated rings. The number of nitrogens with one attached hydrogen (secondary N) is 1. The Morgan fingerprint density at radius 2 is 1.79 bits per heavy atom. The van der Waals surface area contributed by atoms with Crippen LogP contribution in [-0.2, 0) is 13.1 Å². The monoisotopic (exact) mass is 406 g/mol. The number of halogens is 1. The van der Waals surface area contributed by atoms with Gasteiger partial charge in [0, 0.05) is 17.1 Å². The molecule has 4 nitrogen and oxygen atoms in total. The van der Waals surface area contributed by atoms with Crippen LogP contribution in [0.2, 0.25) is 5.02 Å². The van der Waals surface area contributed by atoms with Gasteiger partial charge in [-0.25, -0.2) is 0 Å². The second-order valence-corrected chi connectivity index (χ2v) is 7.99. The predicted molar refractivity (Wildman–Crippen MR) is 119 cm³/mol. The van der Waals surface area contributed by atoms with E-state index in [0.29, 0.717) is 6.54 Å². The van der Waals surface area contributed by atoms with E-state index in [-0.39, 0.29) is 0 Å². The minimum absolute atomic E-state index is 0.629. The summed E-state index contributed by atoms with van der Waals surface area (Å²) in [6, 6.07) is 18.1. The highest BCUT2D eigenvalue weighted by molar-refractivity contribution is 6.30. The van der Waals surface area contributed by atoms with E-state index in [1.54, 1.807) is 10.4 Å². The molecule has 150 valence electrons. The van der Waals surface area contributed by atoms with Crippen LogP contribution in [0, 0.1) is 0 Å². The van der Waals surface area contributed by atoms with Gasteiger partial charge < -0.3 is 5.32 Å². The van der Waals surface area contributed by atoms with Gasteiger partial charge in [-0.3, -0.25) is 0 Å². The van der Waals surface area contributed by atoms with Crippen molar-refractivity contribution < 1.29 is 0 Å². The van der Waals surface area contributed by atoms with E-state index in [4.69, 9.17) is 21.8 Å². The molecule has 29 heavy (non-hydrogen) atoms. The van der Waals surface area contributed by atoms with Crippen molar-refractivity contribution in [2.75, 3.05) is 6.54 Å². The summed E-state index contributed by atoms with van der Waals surface area (Å²) in [5.41, 5.74) is 5.76. The van der Waals surface area contributed by atoms with Crippen LogP contribution in [0.1, 0.15) is 43.4 Å². The molecule has 0 saturated carbocycles. The number of nitrogens with zero attached hydrogens (tertiary/aromatic N) is 3. The van der Waals surface area contributed by atoms with Crippen molar-refractivity contribution in [3.8, 4) is 11.3 Å². The first-order chi connectivity index (χ1) is 14.3. The molecule has 0 spiro atoms. The molecule has 5 heteroatoms. The lowest BCUT2D eigenvalue weighted by molar-refractivity contribution is 0.574. The smallest absolute Gasteiger partial charge is 0.117 e. The molecule has 1 aliphatic carbocycles. The summed E-state index contributed by atoms with van der Waals surface area (Å²) >= 11 is 6.00. The van der Waals surface area contributed by atoms with E-state index < -0.39 is 0 Å². The Morgan fingerprint density at radius 3 is 2.55 bits per heavy atom. The van der Waals surface area contributed by atoms with Crippen LogP contribution in [0.5, 0.6) is 0 Å². The van der Waals surface area contributed by atoms with Crippen LogP contribution in [-0.4, -0.2) is 21.5 Å². The third kappa shape index (κ3) is 5.55. The molecule has 3 aromatic rings. The molecule has 0 radical (unpaired) electrons. The van der Waals surface area contributed by atoms with Crippen LogP contribution in [0.15, 0.2) is 66.2 Å². The van der Waals surface area contributed by atoms with Gasteiger partial charge in [-0.2, -0.15) is 15.0 Å². The molecule has 0 unspecified atom stereocenters. The Bertz CT molecular complexity index is 945. The Morgan fingerprint density at radius 1 is 0.966 bits per heavy atom. The largest absolute Gasteiger partial charge is 0.311 e. The van der Waals surface area contributed by atoms with Gasteiger partial charge in [0.25, 0.3) is 0 Å². The molecule has 2 aromatic carbocycles.